The maximum atomic E-state index is 12.6. The van der Waals surface area contributed by atoms with Crippen molar-refractivity contribution < 1.29 is 17.9 Å². The number of carbonyl (C=O) groups is 1. The lowest BCUT2D eigenvalue weighted by molar-refractivity contribution is -0.122. The number of nitrogens with one attached hydrogen (secondary N) is 1. The van der Waals surface area contributed by atoms with Crippen LogP contribution in [0, 0.1) is 0 Å². The molecule has 0 bridgehead atoms. The molecule has 1 aliphatic rings. The molecule has 146 valence electrons. The number of amides is 1. The smallest absolute Gasteiger partial charge is 0.243 e. The molecule has 8 heteroatoms. The van der Waals surface area contributed by atoms with Gasteiger partial charge in [-0.1, -0.05) is 25.1 Å². The number of sulfonamides is 1. The Bertz CT molecular complexity index is 660. The van der Waals surface area contributed by atoms with Crippen LogP contribution < -0.4 is 9.62 Å². The lowest BCUT2D eigenvalue weighted by Crippen LogP contribution is -2.49. The van der Waals surface area contributed by atoms with E-state index < -0.39 is 16.1 Å². The summed E-state index contributed by atoms with van der Waals surface area (Å²) in [7, 11) is -3.57. The molecule has 0 unspecified atom stereocenters. The van der Waals surface area contributed by atoms with Crippen molar-refractivity contribution in [3.63, 3.8) is 0 Å². The van der Waals surface area contributed by atoms with E-state index in [9.17, 15) is 13.2 Å². The molecule has 1 heterocycles. The summed E-state index contributed by atoms with van der Waals surface area (Å²) in [6, 6.07) is 8.00. The molecule has 1 aromatic rings. The van der Waals surface area contributed by atoms with E-state index in [0.717, 1.165) is 45.5 Å². The minimum absolute atomic E-state index is 0.260. The average Bonchev–Trinajstić information content (AvgIpc) is 2.63. The predicted molar refractivity (Wildman–Crippen MR) is 103 cm³/mol. The molecule has 1 amide bonds. The summed E-state index contributed by atoms with van der Waals surface area (Å²) in [6.07, 6.45) is 2.36. The Balaban J connectivity index is 1.94. The minimum Gasteiger partial charge on any atom is -0.379 e. The highest BCUT2D eigenvalue weighted by molar-refractivity contribution is 7.92. The lowest BCUT2D eigenvalue weighted by atomic mass is 10.2. The average molecular weight is 384 g/mol. The number of carbonyl (C=O) groups excluding carboxylic acids is 1. The van der Waals surface area contributed by atoms with Crippen LogP contribution in [0.15, 0.2) is 30.3 Å². The van der Waals surface area contributed by atoms with Crippen molar-refractivity contribution >= 4 is 21.6 Å². The molecule has 7 nitrogen and oxygen atoms in total. The van der Waals surface area contributed by atoms with E-state index in [-0.39, 0.29) is 5.91 Å². The molecule has 1 atom stereocenters. The van der Waals surface area contributed by atoms with E-state index in [0.29, 0.717) is 18.7 Å². The number of morpholine rings is 1. The highest BCUT2D eigenvalue weighted by Crippen LogP contribution is 2.21. The first kappa shape index (κ1) is 20.7. The van der Waals surface area contributed by atoms with Crippen LogP contribution in [0.2, 0.25) is 0 Å². The first-order valence-corrected chi connectivity index (χ1v) is 10.9. The van der Waals surface area contributed by atoms with Crippen LogP contribution in [-0.4, -0.2) is 70.9 Å². The topological polar surface area (TPSA) is 79.0 Å². The number of anilines is 1. The SMILES string of the molecule is CC[C@H](C(=O)NCCCN1CCOCC1)N(c1ccccc1)S(C)(=O)=O. The monoisotopic (exact) mass is 383 g/mol. The Kier molecular flexibility index (Phi) is 7.86. The maximum Gasteiger partial charge on any atom is 0.243 e. The molecular formula is C18H29N3O4S. The summed E-state index contributed by atoms with van der Waals surface area (Å²) in [4.78, 5) is 14.9. The van der Waals surface area contributed by atoms with Gasteiger partial charge in [0.2, 0.25) is 15.9 Å². The Hall–Kier alpha value is -1.64. The van der Waals surface area contributed by atoms with Gasteiger partial charge in [-0.05, 0) is 31.5 Å². The summed E-state index contributed by atoms with van der Waals surface area (Å²) in [5, 5.41) is 2.89. The second kappa shape index (κ2) is 9.89. The van der Waals surface area contributed by atoms with Crippen LogP contribution in [0.1, 0.15) is 19.8 Å². The molecule has 1 saturated heterocycles. The highest BCUT2D eigenvalue weighted by atomic mass is 32.2. The summed E-state index contributed by atoms with van der Waals surface area (Å²) in [5.41, 5.74) is 0.505. The zero-order valence-corrected chi connectivity index (χ0v) is 16.4. The fourth-order valence-corrected chi connectivity index (χ4v) is 4.30. The van der Waals surface area contributed by atoms with E-state index in [1.807, 2.05) is 13.0 Å². The quantitative estimate of drug-likeness (QED) is 0.646. The molecule has 1 fully saturated rings. The number of hydrogen-bond acceptors (Lipinski definition) is 5. The number of nitrogens with zero attached hydrogens (tertiary/aromatic N) is 2. The van der Waals surface area contributed by atoms with Gasteiger partial charge in [0, 0.05) is 19.6 Å². The van der Waals surface area contributed by atoms with Gasteiger partial charge in [-0.2, -0.15) is 0 Å². The van der Waals surface area contributed by atoms with Crippen molar-refractivity contribution in [2.45, 2.75) is 25.8 Å². The van der Waals surface area contributed by atoms with E-state index in [1.165, 1.54) is 4.31 Å². The third kappa shape index (κ3) is 5.96. The van der Waals surface area contributed by atoms with Crippen LogP contribution in [0.5, 0.6) is 0 Å². The normalized spacial score (nSPS) is 16.8. The summed E-state index contributed by atoms with van der Waals surface area (Å²) >= 11 is 0. The second-order valence-electron chi connectivity index (χ2n) is 6.42. The number of para-hydroxylation sites is 1. The third-order valence-electron chi connectivity index (χ3n) is 4.39. The predicted octanol–water partition coefficient (Wildman–Crippen LogP) is 1.07. The van der Waals surface area contributed by atoms with Crippen molar-refractivity contribution in [2.75, 3.05) is 50.0 Å². The molecule has 1 aliphatic heterocycles. The molecule has 0 saturated carbocycles. The summed E-state index contributed by atoms with van der Waals surface area (Å²) < 4.78 is 31.1. The first-order valence-electron chi connectivity index (χ1n) is 9.05. The largest absolute Gasteiger partial charge is 0.379 e. The molecule has 0 spiro atoms. The van der Waals surface area contributed by atoms with Gasteiger partial charge in [0.15, 0.2) is 0 Å². The zero-order chi connectivity index (χ0) is 19.0. The van der Waals surface area contributed by atoms with E-state index in [1.54, 1.807) is 24.3 Å². The standard InChI is InChI=1S/C18H29N3O4S/c1-3-17(21(26(2,23)24)16-8-5-4-6-9-16)18(22)19-10-7-11-20-12-14-25-15-13-20/h4-6,8-9,17H,3,7,10-15H2,1-2H3,(H,19,22)/t17-/m1/s1. The van der Waals surface area contributed by atoms with Gasteiger partial charge in [-0.25, -0.2) is 8.42 Å². The van der Waals surface area contributed by atoms with Gasteiger partial charge < -0.3 is 10.1 Å². The second-order valence-corrected chi connectivity index (χ2v) is 8.28. The molecule has 0 aliphatic carbocycles. The van der Waals surface area contributed by atoms with Gasteiger partial charge in [0.1, 0.15) is 6.04 Å². The lowest BCUT2D eigenvalue weighted by Gasteiger charge is -2.30. The fraction of sp³-hybridized carbons (Fsp3) is 0.611. The Labute approximate surface area is 156 Å². The number of benzene rings is 1. The number of rotatable bonds is 9. The fourth-order valence-electron chi connectivity index (χ4n) is 3.09. The molecule has 2 rings (SSSR count). The van der Waals surface area contributed by atoms with Crippen LogP contribution >= 0.6 is 0 Å². The van der Waals surface area contributed by atoms with Crippen LogP contribution in [0.4, 0.5) is 5.69 Å². The van der Waals surface area contributed by atoms with Crippen LogP contribution in [-0.2, 0) is 19.6 Å². The third-order valence-corrected chi connectivity index (χ3v) is 5.57. The van der Waals surface area contributed by atoms with Gasteiger partial charge >= 0.3 is 0 Å². The summed E-state index contributed by atoms with van der Waals surface area (Å²) in [6.45, 7) is 6.59. The van der Waals surface area contributed by atoms with Gasteiger partial charge in [0.05, 0.1) is 25.2 Å². The van der Waals surface area contributed by atoms with Crippen LogP contribution in [0.3, 0.4) is 0 Å². The van der Waals surface area contributed by atoms with Crippen molar-refractivity contribution in [1.29, 1.82) is 0 Å². The van der Waals surface area contributed by atoms with Gasteiger partial charge in [-0.15, -0.1) is 0 Å². The van der Waals surface area contributed by atoms with E-state index >= 15 is 0 Å². The van der Waals surface area contributed by atoms with Crippen molar-refractivity contribution in [2.24, 2.45) is 0 Å². The molecule has 1 N–H and O–H groups in total. The molecule has 0 radical (unpaired) electrons. The number of ether oxygens (including phenoxy) is 1. The van der Waals surface area contributed by atoms with Crippen molar-refractivity contribution in [3.8, 4) is 0 Å². The molecule has 1 aromatic carbocycles. The van der Waals surface area contributed by atoms with E-state index in [2.05, 4.69) is 10.2 Å². The molecule has 26 heavy (non-hydrogen) atoms. The number of hydrogen-bond donors (Lipinski definition) is 1. The Morgan fingerprint density at radius 1 is 1.27 bits per heavy atom. The van der Waals surface area contributed by atoms with Crippen molar-refractivity contribution in [1.82, 2.24) is 10.2 Å². The first-order chi connectivity index (χ1) is 12.4. The maximum absolute atomic E-state index is 12.6. The molecular weight excluding hydrogens is 354 g/mol. The van der Waals surface area contributed by atoms with Crippen LogP contribution in [0.25, 0.3) is 0 Å². The summed E-state index contributed by atoms with van der Waals surface area (Å²) in [5.74, 6) is -0.260. The van der Waals surface area contributed by atoms with E-state index in [4.69, 9.17) is 4.74 Å². The Morgan fingerprint density at radius 3 is 2.50 bits per heavy atom. The van der Waals surface area contributed by atoms with Gasteiger partial charge in [0.25, 0.3) is 0 Å². The zero-order valence-electron chi connectivity index (χ0n) is 15.6. The van der Waals surface area contributed by atoms with Crippen molar-refractivity contribution in [3.05, 3.63) is 30.3 Å². The minimum atomic E-state index is -3.57. The van der Waals surface area contributed by atoms with Gasteiger partial charge in [-0.3, -0.25) is 14.0 Å². The molecule has 0 aromatic heterocycles. The Morgan fingerprint density at radius 2 is 1.92 bits per heavy atom. The highest BCUT2D eigenvalue weighted by Gasteiger charge is 2.31.